The minimum atomic E-state index is -0.406. The van der Waals surface area contributed by atoms with Crippen LogP contribution in [0.25, 0.3) is 6.08 Å². The fourth-order valence-electron chi connectivity index (χ4n) is 2.41. The number of para-hydroxylation sites is 1. The summed E-state index contributed by atoms with van der Waals surface area (Å²) in [6.45, 7) is 2.48. The van der Waals surface area contributed by atoms with Gasteiger partial charge < -0.3 is 9.47 Å². The van der Waals surface area contributed by atoms with Crippen molar-refractivity contribution in [2.75, 3.05) is 6.61 Å². The molecule has 0 saturated carbocycles. The van der Waals surface area contributed by atoms with E-state index in [2.05, 4.69) is 0 Å². The van der Waals surface area contributed by atoms with Crippen molar-refractivity contribution < 1.29 is 19.1 Å². The molecule has 27 heavy (non-hydrogen) atoms. The number of thiophene rings is 1. The molecule has 0 bridgehead atoms. The number of hydrogen-bond donors (Lipinski definition) is 0. The lowest BCUT2D eigenvalue weighted by Crippen LogP contribution is -2.06. The molecule has 0 aliphatic carbocycles. The van der Waals surface area contributed by atoms with Crippen molar-refractivity contribution in [3.8, 4) is 11.5 Å². The molecule has 1 aromatic heterocycles. The predicted octanol–water partition coefficient (Wildman–Crippen LogP) is 5.26. The molecule has 0 unspecified atom stereocenters. The second-order valence-corrected chi connectivity index (χ2v) is 6.51. The summed E-state index contributed by atoms with van der Waals surface area (Å²) in [5, 5.41) is 1.81. The van der Waals surface area contributed by atoms with E-state index in [0.717, 1.165) is 11.3 Å². The summed E-state index contributed by atoms with van der Waals surface area (Å²) in [4.78, 5) is 24.8. The number of ketones is 1. The highest BCUT2D eigenvalue weighted by atomic mass is 32.1. The van der Waals surface area contributed by atoms with E-state index in [0.29, 0.717) is 22.8 Å². The van der Waals surface area contributed by atoms with Crippen LogP contribution in [0, 0.1) is 0 Å². The van der Waals surface area contributed by atoms with Crippen molar-refractivity contribution in [3.05, 3.63) is 88.1 Å². The molecule has 0 radical (unpaired) electrons. The lowest BCUT2D eigenvalue weighted by Gasteiger charge is -2.06. The number of ether oxygens (including phenoxy) is 2. The van der Waals surface area contributed by atoms with Gasteiger partial charge in [0.2, 0.25) is 0 Å². The van der Waals surface area contributed by atoms with Crippen LogP contribution in [-0.2, 0) is 0 Å². The van der Waals surface area contributed by atoms with Crippen molar-refractivity contribution in [2.45, 2.75) is 6.92 Å². The van der Waals surface area contributed by atoms with Crippen molar-refractivity contribution in [3.63, 3.8) is 0 Å². The Bertz CT molecular complexity index is 941. The number of esters is 1. The second kappa shape index (κ2) is 8.96. The van der Waals surface area contributed by atoms with Crippen molar-refractivity contribution in [1.29, 1.82) is 0 Å². The van der Waals surface area contributed by atoms with Crippen LogP contribution in [0.1, 0.15) is 32.5 Å². The zero-order valence-electron chi connectivity index (χ0n) is 14.8. The molecule has 4 nitrogen and oxygen atoms in total. The molecule has 0 aliphatic rings. The monoisotopic (exact) mass is 378 g/mol. The van der Waals surface area contributed by atoms with E-state index in [-0.39, 0.29) is 5.78 Å². The third kappa shape index (κ3) is 4.92. The smallest absolute Gasteiger partial charge is 0.353 e. The van der Waals surface area contributed by atoms with Gasteiger partial charge in [-0.25, -0.2) is 4.79 Å². The van der Waals surface area contributed by atoms with Gasteiger partial charge in [0.25, 0.3) is 0 Å². The predicted molar refractivity (Wildman–Crippen MR) is 107 cm³/mol. The number of allylic oxidation sites excluding steroid dienone is 1. The average molecular weight is 378 g/mol. The first kappa shape index (κ1) is 18.6. The Morgan fingerprint density at radius 3 is 2.48 bits per heavy atom. The van der Waals surface area contributed by atoms with Crippen LogP contribution < -0.4 is 9.47 Å². The molecule has 0 aliphatic heterocycles. The van der Waals surface area contributed by atoms with Gasteiger partial charge in [0.05, 0.1) is 6.61 Å². The molecule has 5 heteroatoms. The average Bonchev–Trinajstić information content (AvgIpc) is 3.23. The first-order valence-electron chi connectivity index (χ1n) is 8.47. The normalized spacial score (nSPS) is 10.7. The zero-order chi connectivity index (χ0) is 19.1. The molecule has 1 heterocycles. The molecular formula is C22H18O4S. The van der Waals surface area contributed by atoms with E-state index >= 15 is 0 Å². The minimum Gasteiger partial charge on any atom is -0.493 e. The highest BCUT2D eigenvalue weighted by Gasteiger charge is 2.10. The van der Waals surface area contributed by atoms with Gasteiger partial charge in [-0.2, -0.15) is 0 Å². The van der Waals surface area contributed by atoms with Gasteiger partial charge in [-0.15, -0.1) is 11.3 Å². The van der Waals surface area contributed by atoms with Crippen LogP contribution in [0.4, 0.5) is 0 Å². The Morgan fingerprint density at radius 2 is 1.78 bits per heavy atom. The molecular weight excluding hydrogens is 360 g/mol. The van der Waals surface area contributed by atoms with Crippen LogP contribution in [0.15, 0.2) is 72.1 Å². The molecule has 0 amide bonds. The van der Waals surface area contributed by atoms with E-state index in [1.165, 1.54) is 17.4 Å². The first-order chi connectivity index (χ1) is 13.2. The van der Waals surface area contributed by atoms with Crippen molar-refractivity contribution >= 4 is 29.2 Å². The van der Waals surface area contributed by atoms with E-state index < -0.39 is 5.97 Å². The summed E-state index contributed by atoms with van der Waals surface area (Å²) in [7, 11) is 0. The number of hydrogen-bond acceptors (Lipinski definition) is 5. The third-order valence-corrected chi connectivity index (χ3v) is 4.55. The van der Waals surface area contributed by atoms with Crippen LogP contribution in [0.2, 0.25) is 0 Å². The molecule has 0 N–H and O–H groups in total. The summed E-state index contributed by atoms with van der Waals surface area (Å²) in [5.74, 6) is 0.587. The topological polar surface area (TPSA) is 52.6 Å². The van der Waals surface area contributed by atoms with Crippen LogP contribution in [0.5, 0.6) is 11.5 Å². The fourth-order valence-corrected chi connectivity index (χ4v) is 3.00. The standard InChI is InChI=1S/C22H18O4S/c1-2-25-20-7-4-3-6-17(20)11-14-19(23)16-9-12-18(13-10-16)26-22(24)21-8-5-15-27-21/h3-15H,2H2,1H3/b14-11+. The molecule has 3 rings (SSSR count). The quantitative estimate of drug-likeness (QED) is 0.243. The van der Waals surface area contributed by atoms with E-state index in [1.807, 2.05) is 36.6 Å². The van der Waals surface area contributed by atoms with E-state index in [1.54, 1.807) is 42.5 Å². The molecule has 0 atom stereocenters. The first-order valence-corrected chi connectivity index (χ1v) is 9.35. The Balaban J connectivity index is 1.66. The highest BCUT2D eigenvalue weighted by Crippen LogP contribution is 2.20. The van der Waals surface area contributed by atoms with Gasteiger partial charge in [0, 0.05) is 11.1 Å². The maximum Gasteiger partial charge on any atom is 0.353 e. The highest BCUT2D eigenvalue weighted by molar-refractivity contribution is 7.12. The fraction of sp³-hybridized carbons (Fsp3) is 0.0909. The van der Waals surface area contributed by atoms with Crippen LogP contribution in [0.3, 0.4) is 0 Å². The van der Waals surface area contributed by atoms with Crippen LogP contribution in [-0.4, -0.2) is 18.4 Å². The molecule has 0 fully saturated rings. The van der Waals surface area contributed by atoms with E-state index in [4.69, 9.17) is 9.47 Å². The number of carbonyl (C=O) groups excluding carboxylic acids is 2. The SMILES string of the molecule is CCOc1ccccc1/C=C/C(=O)c1ccc(OC(=O)c2cccs2)cc1. The van der Waals surface area contributed by atoms with Gasteiger partial charge >= 0.3 is 5.97 Å². The van der Waals surface area contributed by atoms with Gasteiger partial charge in [-0.05, 0) is 60.9 Å². The largest absolute Gasteiger partial charge is 0.493 e. The molecule has 0 saturated heterocycles. The summed E-state index contributed by atoms with van der Waals surface area (Å²) in [5.41, 5.74) is 1.35. The van der Waals surface area contributed by atoms with Gasteiger partial charge in [-0.3, -0.25) is 4.79 Å². The summed E-state index contributed by atoms with van der Waals surface area (Å²) < 4.78 is 10.8. The Hall–Kier alpha value is -3.18. The maximum absolute atomic E-state index is 12.4. The number of rotatable bonds is 7. The summed E-state index contributed by atoms with van der Waals surface area (Å²) in [6, 6.07) is 17.5. The third-order valence-electron chi connectivity index (χ3n) is 3.70. The maximum atomic E-state index is 12.4. The number of carbonyl (C=O) groups is 2. The summed E-state index contributed by atoms with van der Waals surface area (Å²) in [6.07, 6.45) is 3.24. The Morgan fingerprint density at radius 1 is 1.00 bits per heavy atom. The lowest BCUT2D eigenvalue weighted by molar-refractivity contribution is 0.0740. The molecule has 3 aromatic rings. The van der Waals surface area contributed by atoms with Crippen molar-refractivity contribution in [2.24, 2.45) is 0 Å². The molecule has 2 aromatic carbocycles. The minimum absolute atomic E-state index is 0.141. The zero-order valence-corrected chi connectivity index (χ0v) is 15.6. The van der Waals surface area contributed by atoms with Crippen LogP contribution >= 0.6 is 11.3 Å². The van der Waals surface area contributed by atoms with Gasteiger partial charge in [0.1, 0.15) is 16.4 Å². The molecule has 0 spiro atoms. The van der Waals surface area contributed by atoms with E-state index in [9.17, 15) is 9.59 Å². The molecule has 136 valence electrons. The Kier molecular flexibility index (Phi) is 6.18. The summed E-state index contributed by atoms with van der Waals surface area (Å²) >= 11 is 1.32. The Labute approximate surface area is 161 Å². The number of benzene rings is 2. The van der Waals surface area contributed by atoms with Crippen molar-refractivity contribution in [1.82, 2.24) is 0 Å². The van der Waals surface area contributed by atoms with Gasteiger partial charge in [-0.1, -0.05) is 24.3 Å². The second-order valence-electron chi connectivity index (χ2n) is 5.56. The lowest BCUT2D eigenvalue weighted by atomic mass is 10.1. The van der Waals surface area contributed by atoms with Gasteiger partial charge in [0.15, 0.2) is 5.78 Å².